The Morgan fingerprint density at radius 1 is 1.35 bits per heavy atom. The third-order valence-electron chi connectivity index (χ3n) is 4.28. The van der Waals surface area contributed by atoms with E-state index in [9.17, 15) is 9.59 Å². The third kappa shape index (κ3) is 2.91. The highest BCUT2D eigenvalue weighted by molar-refractivity contribution is 5.77. The third-order valence-corrected chi connectivity index (χ3v) is 4.28. The Bertz CT molecular complexity index is 756. The van der Waals surface area contributed by atoms with Gasteiger partial charge in [-0.15, -0.1) is 0 Å². The first-order valence-electron chi connectivity index (χ1n) is 7.84. The average Bonchev–Trinajstić information content (AvgIpc) is 2.90. The molecular weight excluding hydrogens is 298 g/mol. The van der Waals surface area contributed by atoms with Gasteiger partial charge in [-0.3, -0.25) is 4.57 Å². The van der Waals surface area contributed by atoms with E-state index >= 15 is 0 Å². The van der Waals surface area contributed by atoms with Gasteiger partial charge < -0.3 is 19.4 Å². The zero-order valence-electron chi connectivity index (χ0n) is 13.4. The number of amides is 1. The molecule has 0 radical (unpaired) electrons. The van der Waals surface area contributed by atoms with Crippen LogP contribution in [0.1, 0.15) is 25.8 Å². The van der Waals surface area contributed by atoms with Crippen LogP contribution < -0.4 is 10.4 Å². The number of likely N-dealkylation sites (tertiary alicyclic amines) is 1. The van der Waals surface area contributed by atoms with Crippen molar-refractivity contribution in [1.82, 2.24) is 14.5 Å². The Kier molecular flexibility index (Phi) is 4.27. The Morgan fingerprint density at radius 3 is 2.74 bits per heavy atom. The monoisotopic (exact) mass is 319 g/mol. The summed E-state index contributed by atoms with van der Waals surface area (Å²) in [6, 6.07) is 5.60. The number of fused-ring (bicyclic) bond motifs is 1. The van der Waals surface area contributed by atoms with Gasteiger partial charge in [-0.25, -0.2) is 9.59 Å². The lowest BCUT2D eigenvalue weighted by atomic mass is 10.0. The number of carbonyl (C=O) groups excluding carboxylic acids is 1. The molecule has 0 saturated carbocycles. The molecule has 1 aromatic carbocycles. The summed E-state index contributed by atoms with van der Waals surface area (Å²) in [5, 5.41) is 0. The number of aromatic amines is 1. The maximum absolute atomic E-state index is 12.3. The summed E-state index contributed by atoms with van der Waals surface area (Å²) >= 11 is 0. The minimum atomic E-state index is -0.279. The molecule has 124 valence electrons. The molecule has 3 rings (SSSR count). The Balaban J connectivity index is 1.83. The molecule has 1 N–H and O–H groups in total. The van der Waals surface area contributed by atoms with E-state index in [0.717, 1.165) is 23.9 Å². The normalized spacial score (nSPS) is 15.8. The number of H-pyrrole nitrogens is 1. The standard InChI is InChI=1S/C16H21N3O4/c1-3-23-16(21)18-8-6-11(7-9-18)19-14-10-12(22-2)4-5-13(14)17-15(19)20/h4-5,10-11H,3,6-9H2,1-2H3,(H,17,20). The fourth-order valence-corrected chi connectivity index (χ4v) is 3.11. The second-order valence-corrected chi connectivity index (χ2v) is 5.60. The van der Waals surface area contributed by atoms with Crippen LogP contribution in [0.15, 0.2) is 23.0 Å². The average molecular weight is 319 g/mol. The van der Waals surface area contributed by atoms with E-state index in [-0.39, 0.29) is 17.8 Å². The van der Waals surface area contributed by atoms with Gasteiger partial charge in [-0.2, -0.15) is 0 Å². The molecule has 1 aliphatic heterocycles. The van der Waals surface area contributed by atoms with Crippen LogP contribution in [-0.2, 0) is 4.74 Å². The minimum Gasteiger partial charge on any atom is -0.497 e. The summed E-state index contributed by atoms with van der Waals surface area (Å²) in [6.07, 6.45) is 1.17. The van der Waals surface area contributed by atoms with Crippen LogP contribution in [0.3, 0.4) is 0 Å². The molecule has 2 heterocycles. The summed E-state index contributed by atoms with van der Waals surface area (Å²) in [5.74, 6) is 0.717. The van der Waals surface area contributed by atoms with Gasteiger partial charge in [0.15, 0.2) is 0 Å². The number of benzene rings is 1. The maximum Gasteiger partial charge on any atom is 0.409 e. The molecule has 1 saturated heterocycles. The first-order valence-corrected chi connectivity index (χ1v) is 7.84. The number of imidazole rings is 1. The Hall–Kier alpha value is -2.44. The fourth-order valence-electron chi connectivity index (χ4n) is 3.11. The summed E-state index contributed by atoms with van der Waals surface area (Å²) in [7, 11) is 1.61. The first-order chi connectivity index (χ1) is 11.1. The molecule has 1 amide bonds. The number of piperidine rings is 1. The van der Waals surface area contributed by atoms with E-state index in [1.165, 1.54) is 0 Å². The molecule has 23 heavy (non-hydrogen) atoms. The van der Waals surface area contributed by atoms with Crippen molar-refractivity contribution in [2.45, 2.75) is 25.8 Å². The number of nitrogens with zero attached hydrogens (tertiary/aromatic N) is 2. The minimum absolute atomic E-state index is 0.0639. The summed E-state index contributed by atoms with van der Waals surface area (Å²) < 4.78 is 12.1. The first kappa shape index (κ1) is 15.5. The lowest BCUT2D eigenvalue weighted by Gasteiger charge is -2.31. The molecule has 0 atom stereocenters. The molecule has 2 aromatic rings. The van der Waals surface area contributed by atoms with Crippen LogP contribution in [-0.4, -0.2) is 47.4 Å². The van der Waals surface area contributed by atoms with Gasteiger partial charge >= 0.3 is 11.8 Å². The number of hydrogen-bond donors (Lipinski definition) is 1. The number of methoxy groups -OCH3 is 1. The Morgan fingerprint density at radius 2 is 2.09 bits per heavy atom. The van der Waals surface area contributed by atoms with Crippen molar-refractivity contribution in [3.05, 3.63) is 28.7 Å². The highest BCUT2D eigenvalue weighted by Gasteiger charge is 2.26. The molecule has 0 bridgehead atoms. The predicted octanol–water partition coefficient (Wildman–Crippen LogP) is 2.13. The van der Waals surface area contributed by atoms with Crippen LogP contribution >= 0.6 is 0 Å². The fraction of sp³-hybridized carbons (Fsp3) is 0.500. The van der Waals surface area contributed by atoms with Crippen molar-refractivity contribution >= 4 is 17.1 Å². The molecule has 7 nitrogen and oxygen atoms in total. The zero-order valence-corrected chi connectivity index (χ0v) is 13.4. The molecule has 7 heteroatoms. The van der Waals surface area contributed by atoms with E-state index in [1.807, 2.05) is 18.2 Å². The van der Waals surface area contributed by atoms with E-state index in [0.29, 0.717) is 25.4 Å². The van der Waals surface area contributed by atoms with E-state index in [4.69, 9.17) is 9.47 Å². The van der Waals surface area contributed by atoms with Crippen LogP contribution in [0.4, 0.5) is 4.79 Å². The highest BCUT2D eigenvalue weighted by atomic mass is 16.6. The topological polar surface area (TPSA) is 76.6 Å². The van der Waals surface area contributed by atoms with E-state index < -0.39 is 0 Å². The molecule has 1 aromatic heterocycles. The highest BCUT2D eigenvalue weighted by Crippen LogP contribution is 2.27. The molecule has 0 unspecified atom stereocenters. The van der Waals surface area contributed by atoms with Crippen molar-refractivity contribution in [2.24, 2.45) is 0 Å². The van der Waals surface area contributed by atoms with Crippen LogP contribution in [0.5, 0.6) is 5.75 Å². The molecule has 0 spiro atoms. The van der Waals surface area contributed by atoms with Crippen molar-refractivity contribution in [3.63, 3.8) is 0 Å². The van der Waals surface area contributed by atoms with E-state index in [2.05, 4.69) is 4.98 Å². The summed E-state index contributed by atoms with van der Waals surface area (Å²) in [4.78, 5) is 28.7. The molecule has 0 aliphatic carbocycles. The number of hydrogen-bond acceptors (Lipinski definition) is 4. The number of rotatable bonds is 3. The van der Waals surface area contributed by atoms with Gasteiger partial charge in [-0.1, -0.05) is 0 Å². The number of aromatic nitrogens is 2. The van der Waals surface area contributed by atoms with Crippen molar-refractivity contribution in [2.75, 3.05) is 26.8 Å². The van der Waals surface area contributed by atoms with Gasteiger partial charge in [0.25, 0.3) is 0 Å². The van der Waals surface area contributed by atoms with Crippen LogP contribution in [0, 0.1) is 0 Å². The lowest BCUT2D eigenvalue weighted by Crippen LogP contribution is -2.40. The summed E-state index contributed by atoms with van der Waals surface area (Å²) in [6.45, 7) is 3.35. The number of carbonyl (C=O) groups is 1. The lowest BCUT2D eigenvalue weighted by molar-refractivity contribution is 0.0928. The van der Waals surface area contributed by atoms with Gasteiger partial charge in [-0.05, 0) is 31.9 Å². The molecular formula is C16H21N3O4. The van der Waals surface area contributed by atoms with Gasteiger partial charge in [0.2, 0.25) is 0 Å². The second kappa shape index (κ2) is 6.36. The number of ether oxygens (including phenoxy) is 2. The van der Waals surface area contributed by atoms with Crippen LogP contribution in [0.2, 0.25) is 0 Å². The second-order valence-electron chi connectivity index (χ2n) is 5.60. The van der Waals surface area contributed by atoms with Gasteiger partial charge in [0.05, 0.1) is 24.8 Å². The molecule has 1 aliphatic rings. The van der Waals surface area contributed by atoms with Crippen molar-refractivity contribution in [1.29, 1.82) is 0 Å². The largest absolute Gasteiger partial charge is 0.497 e. The van der Waals surface area contributed by atoms with Crippen LogP contribution in [0.25, 0.3) is 11.0 Å². The van der Waals surface area contributed by atoms with Gasteiger partial charge in [0.1, 0.15) is 5.75 Å². The number of nitrogens with one attached hydrogen (secondary N) is 1. The quantitative estimate of drug-likeness (QED) is 0.940. The Labute approximate surface area is 133 Å². The van der Waals surface area contributed by atoms with Gasteiger partial charge in [0, 0.05) is 25.2 Å². The molecule has 1 fully saturated rings. The van der Waals surface area contributed by atoms with E-state index in [1.54, 1.807) is 23.5 Å². The smallest absolute Gasteiger partial charge is 0.409 e. The van der Waals surface area contributed by atoms with Crippen molar-refractivity contribution < 1.29 is 14.3 Å². The summed E-state index contributed by atoms with van der Waals surface area (Å²) in [5.41, 5.74) is 1.51. The van der Waals surface area contributed by atoms with Crippen molar-refractivity contribution in [3.8, 4) is 5.75 Å². The maximum atomic E-state index is 12.3. The SMILES string of the molecule is CCOC(=O)N1CCC(n2c(=O)[nH]c3ccc(OC)cc32)CC1. The predicted molar refractivity (Wildman–Crippen MR) is 86.0 cm³/mol. The zero-order chi connectivity index (χ0) is 16.4.